The topological polar surface area (TPSA) is 107 Å². The van der Waals surface area contributed by atoms with Crippen molar-refractivity contribution in [2.24, 2.45) is 5.73 Å². The van der Waals surface area contributed by atoms with Crippen molar-refractivity contribution in [3.63, 3.8) is 0 Å². The number of nitrogens with zero attached hydrogens (tertiary/aromatic N) is 1. The molecule has 0 aromatic heterocycles. The van der Waals surface area contributed by atoms with E-state index in [9.17, 15) is 19.3 Å². The number of rotatable bonds is 6. The third-order valence-electron chi connectivity index (χ3n) is 2.47. The number of hydrogen-bond acceptors (Lipinski definition) is 5. The van der Waals surface area contributed by atoms with Gasteiger partial charge in [-0.05, 0) is 19.9 Å². The van der Waals surface area contributed by atoms with E-state index < -0.39 is 27.9 Å². The fourth-order valence-electron chi connectivity index (χ4n) is 1.34. The maximum Gasteiger partial charge on any atom is 0.305 e. The van der Waals surface area contributed by atoms with E-state index in [1.807, 2.05) is 0 Å². The van der Waals surface area contributed by atoms with E-state index in [0.29, 0.717) is 0 Å². The Bertz CT molecular complexity index is 519. The third kappa shape index (κ3) is 4.47. The Balaban J connectivity index is 2.60. The maximum absolute atomic E-state index is 13.3. The minimum atomic E-state index is -1.02. The largest absolute Gasteiger partial charge is 0.484 e. The number of nitro groups is 1. The van der Waals surface area contributed by atoms with Crippen LogP contribution < -0.4 is 15.8 Å². The van der Waals surface area contributed by atoms with Crippen LogP contribution >= 0.6 is 0 Å². The molecule has 1 aromatic rings. The van der Waals surface area contributed by atoms with Crippen molar-refractivity contribution < 1.29 is 18.8 Å². The van der Waals surface area contributed by atoms with Crippen molar-refractivity contribution in [1.82, 2.24) is 5.32 Å². The second-order valence-corrected chi connectivity index (χ2v) is 4.80. The Labute approximate surface area is 115 Å². The van der Waals surface area contributed by atoms with E-state index in [4.69, 9.17) is 10.5 Å². The number of amides is 1. The molecule has 0 heterocycles. The molecular weight excluding hydrogens is 269 g/mol. The summed E-state index contributed by atoms with van der Waals surface area (Å²) in [6, 6.07) is 3.06. The fourth-order valence-corrected chi connectivity index (χ4v) is 1.34. The maximum atomic E-state index is 13.3. The number of ether oxygens (including phenoxy) is 1. The molecule has 20 heavy (non-hydrogen) atoms. The molecule has 0 unspecified atom stereocenters. The Morgan fingerprint density at radius 3 is 2.70 bits per heavy atom. The minimum absolute atomic E-state index is 0.0359. The summed E-state index contributed by atoms with van der Waals surface area (Å²) >= 11 is 0. The van der Waals surface area contributed by atoms with Crippen LogP contribution in [-0.2, 0) is 4.79 Å². The second kappa shape index (κ2) is 6.29. The molecule has 0 saturated carbocycles. The lowest BCUT2D eigenvalue weighted by atomic mass is 10.1. The first kappa shape index (κ1) is 15.8. The lowest BCUT2D eigenvalue weighted by molar-refractivity contribution is -0.387. The Morgan fingerprint density at radius 1 is 1.55 bits per heavy atom. The molecule has 0 aliphatic heterocycles. The Kier molecular flexibility index (Phi) is 4.98. The molecular formula is C12H16FN3O4. The molecule has 0 fully saturated rings. The smallest absolute Gasteiger partial charge is 0.305 e. The van der Waals surface area contributed by atoms with Crippen molar-refractivity contribution in [3.8, 4) is 5.75 Å². The molecule has 1 rings (SSSR count). The predicted molar refractivity (Wildman–Crippen MR) is 69.8 cm³/mol. The summed E-state index contributed by atoms with van der Waals surface area (Å²) < 4.78 is 18.4. The van der Waals surface area contributed by atoms with Gasteiger partial charge in [-0.1, -0.05) is 0 Å². The van der Waals surface area contributed by atoms with Crippen molar-refractivity contribution in [3.05, 3.63) is 34.1 Å². The van der Waals surface area contributed by atoms with Gasteiger partial charge in [0.05, 0.1) is 4.92 Å². The Hall–Kier alpha value is -2.22. The van der Waals surface area contributed by atoms with Crippen LogP contribution in [0.4, 0.5) is 10.1 Å². The van der Waals surface area contributed by atoms with Gasteiger partial charge in [0.15, 0.2) is 6.61 Å². The van der Waals surface area contributed by atoms with Crippen LogP contribution in [0.5, 0.6) is 5.75 Å². The zero-order valence-electron chi connectivity index (χ0n) is 11.2. The highest BCUT2D eigenvalue weighted by Gasteiger charge is 2.19. The molecule has 3 N–H and O–H groups in total. The molecule has 0 radical (unpaired) electrons. The predicted octanol–water partition coefficient (Wildman–Crippen LogP) is 0.966. The van der Waals surface area contributed by atoms with E-state index in [2.05, 4.69) is 5.32 Å². The van der Waals surface area contributed by atoms with Gasteiger partial charge >= 0.3 is 5.69 Å². The van der Waals surface area contributed by atoms with Gasteiger partial charge in [0, 0.05) is 24.2 Å². The molecule has 0 aliphatic rings. The Morgan fingerprint density at radius 2 is 2.20 bits per heavy atom. The monoisotopic (exact) mass is 285 g/mol. The van der Waals surface area contributed by atoms with Gasteiger partial charge in [-0.15, -0.1) is 0 Å². The average molecular weight is 285 g/mol. The average Bonchev–Trinajstić information content (AvgIpc) is 2.35. The van der Waals surface area contributed by atoms with E-state index in [1.165, 1.54) is 6.07 Å². The summed E-state index contributed by atoms with van der Waals surface area (Å²) in [4.78, 5) is 21.2. The van der Waals surface area contributed by atoms with Gasteiger partial charge < -0.3 is 15.8 Å². The first-order valence-electron chi connectivity index (χ1n) is 5.83. The summed E-state index contributed by atoms with van der Waals surface area (Å²) in [7, 11) is 0. The van der Waals surface area contributed by atoms with Crippen molar-refractivity contribution in [1.29, 1.82) is 0 Å². The number of benzene rings is 1. The van der Waals surface area contributed by atoms with Crippen LogP contribution in [0.25, 0.3) is 0 Å². The molecule has 0 saturated heterocycles. The van der Waals surface area contributed by atoms with E-state index >= 15 is 0 Å². The van der Waals surface area contributed by atoms with Gasteiger partial charge in [0.2, 0.25) is 5.82 Å². The van der Waals surface area contributed by atoms with Crippen molar-refractivity contribution >= 4 is 11.6 Å². The lowest BCUT2D eigenvalue weighted by Gasteiger charge is -2.24. The van der Waals surface area contributed by atoms with Crippen LogP contribution in [0.3, 0.4) is 0 Å². The molecule has 8 heteroatoms. The summed E-state index contributed by atoms with van der Waals surface area (Å²) in [5, 5.41) is 13.1. The summed E-state index contributed by atoms with van der Waals surface area (Å²) in [6.45, 7) is 3.42. The van der Waals surface area contributed by atoms with Gasteiger partial charge in [-0.2, -0.15) is 4.39 Å². The zero-order valence-corrected chi connectivity index (χ0v) is 11.2. The van der Waals surface area contributed by atoms with Crippen LogP contribution in [-0.4, -0.2) is 29.5 Å². The number of halogens is 1. The van der Waals surface area contributed by atoms with Crippen molar-refractivity contribution in [2.45, 2.75) is 19.4 Å². The SMILES string of the molecule is CC(C)(CN)NC(=O)COc1ccc([N+](=O)[O-])c(F)c1. The van der Waals surface area contributed by atoms with Gasteiger partial charge in [0.1, 0.15) is 5.75 Å². The number of carbonyl (C=O) groups is 1. The van der Waals surface area contributed by atoms with Gasteiger partial charge in [-0.3, -0.25) is 14.9 Å². The lowest BCUT2D eigenvalue weighted by Crippen LogP contribution is -2.50. The molecule has 0 atom stereocenters. The summed E-state index contributed by atoms with van der Waals surface area (Å²) in [5.74, 6) is -1.40. The summed E-state index contributed by atoms with van der Waals surface area (Å²) in [6.07, 6.45) is 0. The highest BCUT2D eigenvalue weighted by Crippen LogP contribution is 2.22. The van der Waals surface area contributed by atoms with E-state index in [1.54, 1.807) is 13.8 Å². The molecule has 110 valence electrons. The number of carbonyl (C=O) groups excluding carboxylic acids is 1. The normalized spacial score (nSPS) is 11.0. The van der Waals surface area contributed by atoms with Crippen LogP contribution in [0.2, 0.25) is 0 Å². The van der Waals surface area contributed by atoms with Crippen LogP contribution in [0.15, 0.2) is 18.2 Å². The molecule has 1 aromatic carbocycles. The second-order valence-electron chi connectivity index (χ2n) is 4.80. The quantitative estimate of drug-likeness (QED) is 0.598. The molecule has 7 nitrogen and oxygen atoms in total. The van der Waals surface area contributed by atoms with Crippen LogP contribution in [0.1, 0.15) is 13.8 Å². The molecule has 0 aliphatic carbocycles. The number of nitrogens with two attached hydrogens (primary N) is 1. The number of hydrogen-bond donors (Lipinski definition) is 2. The van der Waals surface area contributed by atoms with Gasteiger partial charge in [-0.25, -0.2) is 0 Å². The standard InChI is InChI=1S/C12H16FN3O4/c1-12(2,7-14)15-11(17)6-20-8-3-4-10(16(18)19)9(13)5-8/h3-5H,6-7,14H2,1-2H3,(H,15,17). The number of nitrogens with one attached hydrogen (secondary N) is 1. The summed E-state index contributed by atoms with van der Waals surface area (Å²) in [5.41, 5.74) is 4.24. The van der Waals surface area contributed by atoms with E-state index in [-0.39, 0.29) is 18.9 Å². The molecule has 0 spiro atoms. The van der Waals surface area contributed by atoms with Gasteiger partial charge in [0.25, 0.3) is 5.91 Å². The van der Waals surface area contributed by atoms with E-state index in [0.717, 1.165) is 12.1 Å². The first-order valence-corrected chi connectivity index (χ1v) is 5.83. The molecule has 0 bridgehead atoms. The van der Waals surface area contributed by atoms with Crippen molar-refractivity contribution in [2.75, 3.05) is 13.2 Å². The zero-order chi connectivity index (χ0) is 15.3. The highest BCUT2D eigenvalue weighted by atomic mass is 19.1. The first-order chi connectivity index (χ1) is 9.25. The fraction of sp³-hybridized carbons (Fsp3) is 0.417. The van der Waals surface area contributed by atoms with Crippen LogP contribution in [0, 0.1) is 15.9 Å². The minimum Gasteiger partial charge on any atom is -0.484 e. The third-order valence-corrected chi connectivity index (χ3v) is 2.47. The highest BCUT2D eigenvalue weighted by molar-refractivity contribution is 5.78. The number of nitro benzene ring substituents is 1. The molecule has 1 amide bonds.